The zero-order valence-corrected chi connectivity index (χ0v) is 16.8. The molecule has 2 heterocycles. The Morgan fingerprint density at radius 3 is 2.64 bits per heavy atom. The van der Waals surface area contributed by atoms with Crippen LogP contribution in [0.4, 0.5) is 0 Å². The molecule has 0 aliphatic carbocycles. The van der Waals surface area contributed by atoms with E-state index in [9.17, 15) is 9.59 Å². The molecule has 1 aromatic carbocycles. The van der Waals surface area contributed by atoms with Crippen LogP contribution in [0, 0.1) is 5.92 Å². The molecule has 7 nitrogen and oxygen atoms in total. The van der Waals surface area contributed by atoms with E-state index in [1.54, 1.807) is 12.1 Å². The molecule has 2 unspecified atom stereocenters. The number of carbonyl (C=O) groups is 2. The van der Waals surface area contributed by atoms with Gasteiger partial charge < -0.3 is 25.8 Å². The topological polar surface area (TPSA) is 103 Å². The van der Waals surface area contributed by atoms with Crippen LogP contribution in [0.25, 0.3) is 0 Å². The molecule has 1 aromatic rings. The first kappa shape index (κ1) is 22.6. The van der Waals surface area contributed by atoms with Crippen LogP contribution in [-0.4, -0.2) is 50.3 Å². The predicted molar refractivity (Wildman–Crippen MR) is 108 cm³/mol. The normalized spacial score (nSPS) is 20.8. The van der Waals surface area contributed by atoms with Crippen LogP contribution in [0.5, 0.6) is 0 Å². The molecule has 0 aromatic heterocycles. The van der Waals surface area contributed by atoms with E-state index < -0.39 is 6.04 Å². The lowest BCUT2D eigenvalue weighted by molar-refractivity contribution is -0.124. The van der Waals surface area contributed by atoms with Crippen LogP contribution in [0.1, 0.15) is 41.6 Å². The molecule has 156 valence electrons. The SMILES string of the molecule is Cl.NC(C(=O)NCc1cccc(C(=O)NCC2CCCO2)c1)C1CCOCC1. The summed E-state index contributed by atoms with van der Waals surface area (Å²) in [5.74, 6) is -0.124. The number of halogens is 1. The van der Waals surface area contributed by atoms with E-state index in [-0.39, 0.29) is 36.2 Å². The Hall–Kier alpha value is -1.67. The maximum absolute atomic E-state index is 12.3. The Labute approximate surface area is 172 Å². The van der Waals surface area contributed by atoms with Crippen molar-refractivity contribution in [2.75, 3.05) is 26.4 Å². The standard InChI is InChI=1S/C20H29N3O4.ClH/c21-18(15-6-9-26-10-7-15)20(25)22-12-14-3-1-4-16(11-14)19(24)23-13-17-5-2-8-27-17;/h1,3-4,11,15,17-18H,2,5-10,12-13,21H2,(H,22,25)(H,23,24);1H. The van der Waals surface area contributed by atoms with Gasteiger partial charge in [-0.05, 0) is 49.3 Å². The van der Waals surface area contributed by atoms with E-state index in [4.69, 9.17) is 15.2 Å². The van der Waals surface area contributed by atoms with Gasteiger partial charge in [-0.25, -0.2) is 0 Å². The number of ether oxygens (including phenoxy) is 2. The average molecular weight is 412 g/mol. The van der Waals surface area contributed by atoms with E-state index >= 15 is 0 Å². The molecule has 2 aliphatic rings. The van der Waals surface area contributed by atoms with Crippen molar-refractivity contribution in [1.29, 1.82) is 0 Å². The van der Waals surface area contributed by atoms with Crippen molar-refractivity contribution < 1.29 is 19.1 Å². The largest absolute Gasteiger partial charge is 0.381 e. The summed E-state index contributed by atoms with van der Waals surface area (Å²) in [7, 11) is 0. The van der Waals surface area contributed by atoms with Gasteiger partial charge in [-0.1, -0.05) is 12.1 Å². The minimum atomic E-state index is -0.521. The Bertz CT molecular complexity index is 646. The molecule has 0 saturated carbocycles. The third-order valence-electron chi connectivity index (χ3n) is 5.25. The fourth-order valence-corrected chi connectivity index (χ4v) is 3.53. The van der Waals surface area contributed by atoms with Crippen molar-refractivity contribution in [2.45, 2.75) is 44.4 Å². The number of carbonyl (C=O) groups excluding carboxylic acids is 2. The van der Waals surface area contributed by atoms with Gasteiger partial charge in [0.2, 0.25) is 5.91 Å². The van der Waals surface area contributed by atoms with Crippen molar-refractivity contribution in [1.82, 2.24) is 10.6 Å². The number of nitrogens with two attached hydrogens (primary N) is 1. The first-order valence-electron chi connectivity index (χ1n) is 9.73. The molecule has 2 aliphatic heterocycles. The van der Waals surface area contributed by atoms with Crippen LogP contribution in [0.15, 0.2) is 24.3 Å². The van der Waals surface area contributed by atoms with Crippen molar-refractivity contribution in [3.63, 3.8) is 0 Å². The highest BCUT2D eigenvalue weighted by Crippen LogP contribution is 2.18. The van der Waals surface area contributed by atoms with E-state index in [0.717, 1.165) is 37.9 Å². The van der Waals surface area contributed by atoms with Gasteiger partial charge in [-0.15, -0.1) is 12.4 Å². The monoisotopic (exact) mass is 411 g/mol. The molecule has 2 amide bonds. The maximum Gasteiger partial charge on any atom is 0.251 e. The Kier molecular flexibility index (Phi) is 9.18. The molecule has 2 saturated heterocycles. The molecule has 2 fully saturated rings. The third-order valence-corrected chi connectivity index (χ3v) is 5.25. The second-order valence-corrected chi connectivity index (χ2v) is 7.24. The van der Waals surface area contributed by atoms with Crippen molar-refractivity contribution in [3.05, 3.63) is 35.4 Å². The van der Waals surface area contributed by atoms with Gasteiger partial charge in [0.1, 0.15) is 0 Å². The molecule has 8 heteroatoms. The summed E-state index contributed by atoms with van der Waals surface area (Å²) in [6.07, 6.45) is 3.78. The molecule has 0 bridgehead atoms. The van der Waals surface area contributed by atoms with Crippen LogP contribution in [-0.2, 0) is 20.8 Å². The molecule has 2 atom stereocenters. The van der Waals surface area contributed by atoms with E-state index in [1.165, 1.54) is 0 Å². The molecule has 4 N–H and O–H groups in total. The minimum Gasteiger partial charge on any atom is -0.381 e. The smallest absolute Gasteiger partial charge is 0.251 e. The Morgan fingerprint density at radius 1 is 1.14 bits per heavy atom. The maximum atomic E-state index is 12.3. The van der Waals surface area contributed by atoms with Crippen molar-refractivity contribution in [3.8, 4) is 0 Å². The summed E-state index contributed by atoms with van der Waals surface area (Å²) in [4.78, 5) is 24.6. The van der Waals surface area contributed by atoms with Gasteiger partial charge in [0.05, 0.1) is 12.1 Å². The molecule has 0 spiro atoms. The number of hydrogen-bond donors (Lipinski definition) is 3. The molecular formula is C20H30ClN3O4. The zero-order chi connectivity index (χ0) is 19.1. The summed E-state index contributed by atoms with van der Waals surface area (Å²) in [5, 5.41) is 5.79. The second kappa shape index (κ2) is 11.4. The molecule has 28 heavy (non-hydrogen) atoms. The fraction of sp³-hybridized carbons (Fsp3) is 0.600. The number of amides is 2. The van der Waals surface area contributed by atoms with Gasteiger partial charge in [0.15, 0.2) is 0 Å². The molecular weight excluding hydrogens is 382 g/mol. The average Bonchev–Trinajstić information content (AvgIpc) is 3.24. The first-order chi connectivity index (χ1) is 13.1. The van der Waals surface area contributed by atoms with Crippen molar-refractivity contribution in [2.24, 2.45) is 11.7 Å². The summed E-state index contributed by atoms with van der Waals surface area (Å²) in [5.41, 5.74) is 7.54. The van der Waals surface area contributed by atoms with Gasteiger partial charge in [0, 0.05) is 38.5 Å². The number of nitrogens with one attached hydrogen (secondary N) is 2. The number of benzene rings is 1. The quantitative estimate of drug-likeness (QED) is 0.629. The summed E-state index contributed by atoms with van der Waals surface area (Å²) in [6, 6.07) is 6.75. The first-order valence-corrected chi connectivity index (χ1v) is 9.73. The predicted octanol–water partition coefficient (Wildman–Crippen LogP) is 1.39. The van der Waals surface area contributed by atoms with Crippen LogP contribution < -0.4 is 16.4 Å². The van der Waals surface area contributed by atoms with Crippen LogP contribution >= 0.6 is 12.4 Å². The fourth-order valence-electron chi connectivity index (χ4n) is 3.53. The summed E-state index contributed by atoms with van der Waals surface area (Å²) < 4.78 is 10.8. The Morgan fingerprint density at radius 2 is 1.93 bits per heavy atom. The second-order valence-electron chi connectivity index (χ2n) is 7.24. The highest BCUT2D eigenvalue weighted by Gasteiger charge is 2.26. The highest BCUT2D eigenvalue weighted by atomic mass is 35.5. The molecule has 3 rings (SSSR count). The minimum absolute atomic E-state index is 0. The van der Waals surface area contributed by atoms with E-state index in [0.29, 0.717) is 31.9 Å². The zero-order valence-electron chi connectivity index (χ0n) is 16.0. The number of rotatable bonds is 7. The van der Waals surface area contributed by atoms with Gasteiger partial charge >= 0.3 is 0 Å². The van der Waals surface area contributed by atoms with Crippen LogP contribution in [0.2, 0.25) is 0 Å². The van der Waals surface area contributed by atoms with Gasteiger partial charge in [-0.2, -0.15) is 0 Å². The lowest BCUT2D eigenvalue weighted by atomic mass is 9.92. The highest BCUT2D eigenvalue weighted by molar-refractivity contribution is 5.94. The summed E-state index contributed by atoms with van der Waals surface area (Å²) >= 11 is 0. The van der Waals surface area contributed by atoms with E-state index in [2.05, 4.69) is 10.6 Å². The lowest BCUT2D eigenvalue weighted by Crippen LogP contribution is -2.46. The third kappa shape index (κ3) is 6.44. The number of hydrogen-bond acceptors (Lipinski definition) is 5. The van der Waals surface area contributed by atoms with E-state index in [1.807, 2.05) is 12.1 Å². The van der Waals surface area contributed by atoms with Gasteiger partial charge in [0.25, 0.3) is 5.91 Å². The molecule has 0 radical (unpaired) electrons. The van der Waals surface area contributed by atoms with Crippen molar-refractivity contribution >= 4 is 24.2 Å². The lowest BCUT2D eigenvalue weighted by Gasteiger charge is -2.26. The summed E-state index contributed by atoms with van der Waals surface area (Å²) in [6.45, 7) is 2.97. The van der Waals surface area contributed by atoms with Gasteiger partial charge in [-0.3, -0.25) is 9.59 Å². The Balaban J connectivity index is 0.00000280. The van der Waals surface area contributed by atoms with Crippen LogP contribution in [0.3, 0.4) is 0 Å².